The first-order chi connectivity index (χ1) is 10.6. The van der Waals surface area contributed by atoms with Crippen LogP contribution in [0.15, 0.2) is 0 Å². The molecule has 0 rings (SSSR count). The Kier molecular flexibility index (Phi) is 14.9. The summed E-state index contributed by atoms with van der Waals surface area (Å²) >= 11 is 3.42. The molecule has 0 N–H and O–H groups in total. The van der Waals surface area contributed by atoms with Crippen molar-refractivity contribution in [2.75, 3.05) is 18.5 Å². The maximum atomic E-state index is 11.5. The van der Waals surface area contributed by atoms with Gasteiger partial charge < -0.3 is 9.47 Å². The summed E-state index contributed by atoms with van der Waals surface area (Å²) in [5, 5.41) is 1.08. The summed E-state index contributed by atoms with van der Waals surface area (Å²) in [5.74, 6) is -0.102. The minimum atomic E-state index is -0.232. The number of halogens is 1. The van der Waals surface area contributed by atoms with Crippen LogP contribution in [0.2, 0.25) is 0 Å². The molecule has 0 heterocycles. The molecule has 0 atom stereocenters. The number of carbonyl (C=O) groups excluding carboxylic acids is 2. The van der Waals surface area contributed by atoms with Gasteiger partial charge in [0.2, 0.25) is 0 Å². The summed E-state index contributed by atoms with van der Waals surface area (Å²) in [6.07, 6.45) is 8.06. The third-order valence-corrected chi connectivity index (χ3v) is 3.69. The van der Waals surface area contributed by atoms with Crippen LogP contribution in [-0.2, 0) is 19.1 Å². The van der Waals surface area contributed by atoms with Crippen LogP contribution in [0.1, 0.15) is 71.6 Å². The first-order valence-corrected chi connectivity index (χ1v) is 9.55. The van der Waals surface area contributed by atoms with Crippen LogP contribution in [0, 0.1) is 5.92 Å². The van der Waals surface area contributed by atoms with E-state index in [9.17, 15) is 9.59 Å². The fraction of sp³-hybridized carbons (Fsp3) is 0.882. The van der Waals surface area contributed by atoms with Crippen molar-refractivity contribution < 1.29 is 19.1 Å². The zero-order chi connectivity index (χ0) is 16.6. The zero-order valence-corrected chi connectivity index (χ0v) is 15.7. The number of unbranched alkanes of at least 4 members (excludes halogenated alkanes) is 5. The van der Waals surface area contributed by atoms with Crippen LogP contribution < -0.4 is 0 Å². The third kappa shape index (κ3) is 15.8. The second-order valence-corrected chi connectivity index (χ2v) is 6.75. The van der Waals surface area contributed by atoms with E-state index in [1.807, 2.05) is 13.8 Å². The van der Waals surface area contributed by atoms with Gasteiger partial charge in [0.25, 0.3) is 0 Å². The van der Waals surface area contributed by atoms with Gasteiger partial charge in [-0.25, -0.2) is 0 Å². The van der Waals surface area contributed by atoms with Crippen LogP contribution in [-0.4, -0.2) is 30.5 Å². The van der Waals surface area contributed by atoms with Gasteiger partial charge in [0.05, 0.1) is 13.2 Å². The summed E-state index contributed by atoms with van der Waals surface area (Å²) in [5.41, 5.74) is 0. The second-order valence-electron chi connectivity index (χ2n) is 5.96. The number of ether oxygens (including phenoxy) is 2. The second kappa shape index (κ2) is 15.3. The molecular weight excluding hydrogens is 348 g/mol. The minimum absolute atomic E-state index is 0.212. The predicted octanol–water partition coefficient (Wildman–Crippen LogP) is 4.63. The summed E-state index contributed by atoms with van der Waals surface area (Å²) in [4.78, 5) is 22.8. The molecule has 0 spiro atoms. The van der Waals surface area contributed by atoms with E-state index in [0.717, 1.165) is 18.2 Å². The molecule has 0 saturated heterocycles. The maximum Gasteiger partial charge on any atom is 0.305 e. The van der Waals surface area contributed by atoms with E-state index in [1.54, 1.807) is 0 Å². The molecule has 5 heteroatoms. The van der Waals surface area contributed by atoms with Crippen molar-refractivity contribution in [3.63, 3.8) is 0 Å². The van der Waals surface area contributed by atoms with E-state index in [0.29, 0.717) is 32.0 Å². The van der Waals surface area contributed by atoms with E-state index < -0.39 is 0 Å². The Bertz CT molecular complexity index is 292. The van der Waals surface area contributed by atoms with E-state index in [-0.39, 0.29) is 18.4 Å². The van der Waals surface area contributed by atoms with E-state index in [4.69, 9.17) is 9.47 Å². The zero-order valence-electron chi connectivity index (χ0n) is 14.1. The number of hydrogen-bond donors (Lipinski definition) is 0. The fourth-order valence-corrected chi connectivity index (χ4v) is 2.27. The molecular formula is C17H31BrO4. The SMILES string of the molecule is CC(C)COC(=O)CCCC(=O)OCCCCCCCCBr. The summed E-state index contributed by atoms with van der Waals surface area (Å²) in [6, 6.07) is 0. The Morgan fingerprint density at radius 1 is 0.818 bits per heavy atom. The summed E-state index contributed by atoms with van der Waals surface area (Å²) in [7, 11) is 0. The van der Waals surface area contributed by atoms with Gasteiger partial charge >= 0.3 is 11.9 Å². The van der Waals surface area contributed by atoms with Gasteiger partial charge in [0, 0.05) is 18.2 Å². The van der Waals surface area contributed by atoms with Crippen molar-refractivity contribution >= 4 is 27.9 Å². The predicted molar refractivity (Wildman–Crippen MR) is 92.1 cm³/mol. The molecule has 0 aliphatic heterocycles. The van der Waals surface area contributed by atoms with E-state index in [1.165, 1.54) is 25.7 Å². The molecule has 0 aliphatic carbocycles. The van der Waals surface area contributed by atoms with Gasteiger partial charge in [0.15, 0.2) is 0 Å². The largest absolute Gasteiger partial charge is 0.466 e. The molecule has 0 bridgehead atoms. The van der Waals surface area contributed by atoms with Crippen LogP contribution in [0.4, 0.5) is 0 Å². The lowest BCUT2D eigenvalue weighted by atomic mass is 10.1. The minimum Gasteiger partial charge on any atom is -0.466 e. The quantitative estimate of drug-likeness (QED) is 0.251. The fourth-order valence-electron chi connectivity index (χ4n) is 1.87. The lowest BCUT2D eigenvalue weighted by molar-refractivity contribution is -0.146. The summed E-state index contributed by atoms with van der Waals surface area (Å²) in [6.45, 7) is 4.92. The van der Waals surface area contributed by atoms with Crippen molar-refractivity contribution in [3.8, 4) is 0 Å². The molecule has 0 unspecified atom stereocenters. The van der Waals surface area contributed by atoms with Gasteiger partial charge in [-0.1, -0.05) is 55.5 Å². The lowest BCUT2D eigenvalue weighted by Gasteiger charge is -2.07. The van der Waals surface area contributed by atoms with Crippen molar-refractivity contribution in [1.82, 2.24) is 0 Å². The Hall–Kier alpha value is -0.580. The standard InChI is InChI=1S/C17H31BrO4/c1-15(2)14-22-17(20)11-9-10-16(19)21-13-8-6-4-3-5-7-12-18/h15H,3-14H2,1-2H3. The van der Waals surface area contributed by atoms with Crippen molar-refractivity contribution in [3.05, 3.63) is 0 Å². The van der Waals surface area contributed by atoms with Crippen LogP contribution in [0.5, 0.6) is 0 Å². The third-order valence-electron chi connectivity index (χ3n) is 3.13. The topological polar surface area (TPSA) is 52.6 Å². The van der Waals surface area contributed by atoms with Gasteiger partial charge in [-0.3, -0.25) is 9.59 Å². The van der Waals surface area contributed by atoms with Crippen LogP contribution >= 0.6 is 15.9 Å². The molecule has 0 saturated carbocycles. The number of esters is 2. The molecule has 4 nitrogen and oxygen atoms in total. The van der Waals surface area contributed by atoms with Crippen molar-refractivity contribution in [1.29, 1.82) is 0 Å². The molecule has 0 aromatic rings. The number of rotatable bonds is 14. The summed E-state index contributed by atoms with van der Waals surface area (Å²) < 4.78 is 10.2. The normalized spacial score (nSPS) is 10.7. The first kappa shape index (κ1) is 21.4. The number of alkyl halides is 1. The molecule has 130 valence electrons. The first-order valence-electron chi connectivity index (χ1n) is 8.43. The average molecular weight is 379 g/mol. The molecule has 22 heavy (non-hydrogen) atoms. The molecule has 0 aromatic carbocycles. The van der Waals surface area contributed by atoms with E-state index in [2.05, 4.69) is 15.9 Å². The highest BCUT2D eigenvalue weighted by molar-refractivity contribution is 9.09. The highest BCUT2D eigenvalue weighted by Gasteiger charge is 2.07. The highest BCUT2D eigenvalue weighted by atomic mass is 79.9. The monoisotopic (exact) mass is 378 g/mol. The van der Waals surface area contributed by atoms with Crippen LogP contribution in [0.25, 0.3) is 0 Å². The molecule has 0 fully saturated rings. The van der Waals surface area contributed by atoms with Gasteiger partial charge in [-0.15, -0.1) is 0 Å². The van der Waals surface area contributed by atoms with Crippen LogP contribution in [0.3, 0.4) is 0 Å². The molecule has 0 aromatic heterocycles. The lowest BCUT2D eigenvalue weighted by Crippen LogP contribution is -2.11. The molecule has 0 aliphatic rings. The van der Waals surface area contributed by atoms with E-state index >= 15 is 0 Å². The maximum absolute atomic E-state index is 11.5. The molecule has 0 radical (unpaired) electrons. The van der Waals surface area contributed by atoms with Gasteiger partial charge in [0.1, 0.15) is 0 Å². The Morgan fingerprint density at radius 2 is 1.36 bits per heavy atom. The average Bonchev–Trinajstić information content (AvgIpc) is 2.48. The highest BCUT2D eigenvalue weighted by Crippen LogP contribution is 2.07. The van der Waals surface area contributed by atoms with Gasteiger partial charge in [-0.2, -0.15) is 0 Å². The Morgan fingerprint density at radius 3 is 1.95 bits per heavy atom. The smallest absolute Gasteiger partial charge is 0.305 e. The number of hydrogen-bond acceptors (Lipinski definition) is 4. The Balaban J connectivity index is 3.34. The number of carbonyl (C=O) groups is 2. The van der Waals surface area contributed by atoms with Gasteiger partial charge in [-0.05, 0) is 25.2 Å². The Labute approximate surface area is 143 Å². The molecule has 0 amide bonds. The van der Waals surface area contributed by atoms with Crippen molar-refractivity contribution in [2.24, 2.45) is 5.92 Å². The van der Waals surface area contributed by atoms with Crippen molar-refractivity contribution in [2.45, 2.75) is 71.6 Å².